The predicted octanol–water partition coefficient (Wildman–Crippen LogP) is 3.11. The molecule has 0 spiro atoms. The van der Waals surface area contributed by atoms with Crippen molar-refractivity contribution in [1.82, 2.24) is 0 Å². The van der Waals surface area contributed by atoms with Gasteiger partial charge in [0.05, 0.1) is 18.7 Å². The Morgan fingerprint density at radius 1 is 1.33 bits per heavy atom. The van der Waals surface area contributed by atoms with Crippen molar-refractivity contribution < 1.29 is 8.92 Å². The summed E-state index contributed by atoms with van der Waals surface area (Å²) >= 11 is 4.71. The molecule has 2 nitrogen and oxygen atoms in total. The fourth-order valence-electron chi connectivity index (χ4n) is 0.795. The number of benzene rings is 1. The molecule has 0 amide bonds. The average molecular weight is 249 g/mol. The van der Waals surface area contributed by atoms with Crippen LogP contribution in [0.3, 0.4) is 0 Å². The first-order chi connectivity index (χ1) is 5.77. The Balaban J connectivity index is 2.86. The second kappa shape index (κ2) is 4.74. The maximum Gasteiger partial charge on any atom is 0.133 e. The predicted molar refractivity (Wildman–Crippen MR) is 53.6 cm³/mol. The topological polar surface area (TPSA) is 18.5 Å². The molecule has 1 aromatic rings. The number of hydrogen-bond donors (Lipinski definition) is 0. The molecule has 1 aromatic carbocycles. The highest BCUT2D eigenvalue weighted by atomic mass is 79.9. The van der Waals surface area contributed by atoms with Crippen LogP contribution in [0.15, 0.2) is 27.6 Å². The van der Waals surface area contributed by atoms with Gasteiger partial charge in [0.25, 0.3) is 0 Å². The molecule has 66 valence electrons. The Bertz CT molecular complexity index is 265. The summed E-state index contributed by atoms with van der Waals surface area (Å²) in [4.78, 5) is 1.05. The van der Waals surface area contributed by atoms with Crippen molar-refractivity contribution in [2.45, 2.75) is 4.90 Å². The molecule has 0 unspecified atom stereocenters. The van der Waals surface area contributed by atoms with Gasteiger partial charge in [0.1, 0.15) is 5.75 Å². The standard InChI is InChI=1S/C8H9BrO2S/c1-10-8-4-3-6(12-11-2)5-7(8)9/h3-5H,1-2H3. The second-order valence-electron chi connectivity index (χ2n) is 2.05. The summed E-state index contributed by atoms with van der Waals surface area (Å²) in [6, 6.07) is 5.79. The van der Waals surface area contributed by atoms with Crippen molar-refractivity contribution in [1.29, 1.82) is 0 Å². The van der Waals surface area contributed by atoms with Crippen molar-refractivity contribution in [2.75, 3.05) is 14.2 Å². The summed E-state index contributed by atoms with van der Waals surface area (Å²) in [5.74, 6) is 0.829. The van der Waals surface area contributed by atoms with Gasteiger partial charge in [-0.2, -0.15) is 0 Å². The third-order valence-electron chi connectivity index (χ3n) is 1.30. The summed E-state index contributed by atoms with van der Waals surface area (Å²) < 4.78 is 10.9. The van der Waals surface area contributed by atoms with Crippen LogP contribution in [0.25, 0.3) is 0 Å². The van der Waals surface area contributed by atoms with Crippen LogP contribution in [0.1, 0.15) is 0 Å². The lowest BCUT2D eigenvalue weighted by Crippen LogP contribution is -1.84. The van der Waals surface area contributed by atoms with Crippen LogP contribution >= 0.6 is 28.0 Å². The maximum absolute atomic E-state index is 5.08. The Kier molecular flexibility index (Phi) is 3.91. The second-order valence-corrected chi connectivity index (χ2v) is 3.87. The van der Waals surface area contributed by atoms with Crippen LogP contribution in [0, 0.1) is 0 Å². The van der Waals surface area contributed by atoms with E-state index in [0.717, 1.165) is 15.1 Å². The largest absolute Gasteiger partial charge is 0.496 e. The molecule has 0 aromatic heterocycles. The molecule has 0 saturated heterocycles. The van der Waals surface area contributed by atoms with E-state index < -0.39 is 0 Å². The Labute approximate surface area is 84.6 Å². The molecule has 12 heavy (non-hydrogen) atoms. The lowest BCUT2D eigenvalue weighted by molar-refractivity contribution is 0.411. The molecule has 0 aliphatic carbocycles. The molecule has 0 N–H and O–H groups in total. The third kappa shape index (κ3) is 2.40. The Morgan fingerprint density at radius 3 is 2.58 bits per heavy atom. The first-order valence-corrected chi connectivity index (χ1v) is 4.85. The van der Waals surface area contributed by atoms with Crippen LogP contribution in [0.4, 0.5) is 0 Å². The van der Waals surface area contributed by atoms with Gasteiger partial charge < -0.3 is 8.92 Å². The van der Waals surface area contributed by atoms with Gasteiger partial charge in [0.2, 0.25) is 0 Å². The van der Waals surface area contributed by atoms with Gasteiger partial charge in [0, 0.05) is 16.9 Å². The van der Waals surface area contributed by atoms with Crippen molar-refractivity contribution in [2.24, 2.45) is 0 Å². The number of hydrogen-bond acceptors (Lipinski definition) is 3. The molecule has 0 fully saturated rings. The zero-order valence-electron chi connectivity index (χ0n) is 6.83. The molecule has 0 heterocycles. The molecule has 4 heteroatoms. The number of ether oxygens (including phenoxy) is 1. The highest BCUT2D eigenvalue weighted by molar-refractivity contribution is 9.10. The maximum atomic E-state index is 5.08. The number of rotatable bonds is 3. The zero-order valence-corrected chi connectivity index (χ0v) is 9.24. The first kappa shape index (κ1) is 9.89. The summed E-state index contributed by atoms with van der Waals surface area (Å²) in [6.45, 7) is 0. The lowest BCUT2D eigenvalue weighted by atomic mass is 10.3. The minimum atomic E-state index is 0.829. The van der Waals surface area contributed by atoms with Gasteiger partial charge in [-0.05, 0) is 34.1 Å². The van der Waals surface area contributed by atoms with Crippen LogP contribution < -0.4 is 4.74 Å². The van der Waals surface area contributed by atoms with Crippen LogP contribution in [-0.4, -0.2) is 14.2 Å². The summed E-state index contributed by atoms with van der Waals surface area (Å²) in [7, 11) is 3.28. The van der Waals surface area contributed by atoms with Crippen molar-refractivity contribution in [3.8, 4) is 5.75 Å². The monoisotopic (exact) mass is 248 g/mol. The number of halogens is 1. The van der Waals surface area contributed by atoms with Crippen LogP contribution in [0.2, 0.25) is 0 Å². The smallest absolute Gasteiger partial charge is 0.133 e. The molecule has 1 rings (SSSR count). The average Bonchev–Trinajstić information content (AvgIpc) is 2.05. The van der Waals surface area contributed by atoms with E-state index in [2.05, 4.69) is 15.9 Å². The highest BCUT2D eigenvalue weighted by Crippen LogP contribution is 2.29. The van der Waals surface area contributed by atoms with Gasteiger partial charge in [-0.25, -0.2) is 0 Å². The molecule has 0 atom stereocenters. The van der Waals surface area contributed by atoms with E-state index >= 15 is 0 Å². The minimum Gasteiger partial charge on any atom is -0.496 e. The van der Waals surface area contributed by atoms with Crippen molar-refractivity contribution in [3.05, 3.63) is 22.7 Å². The Hall–Kier alpha value is -0.190. The van der Waals surface area contributed by atoms with Gasteiger partial charge >= 0.3 is 0 Å². The van der Waals surface area contributed by atoms with Crippen molar-refractivity contribution >= 4 is 28.0 Å². The van der Waals surface area contributed by atoms with Gasteiger partial charge in [-0.1, -0.05) is 0 Å². The van der Waals surface area contributed by atoms with Gasteiger partial charge in [-0.15, -0.1) is 0 Å². The van der Waals surface area contributed by atoms with E-state index in [-0.39, 0.29) is 0 Å². The normalized spacial score (nSPS) is 9.92. The van der Waals surface area contributed by atoms with Crippen LogP contribution in [0.5, 0.6) is 5.75 Å². The molecular weight excluding hydrogens is 240 g/mol. The van der Waals surface area contributed by atoms with Crippen LogP contribution in [-0.2, 0) is 4.18 Å². The first-order valence-electron chi connectivity index (χ1n) is 3.32. The summed E-state index contributed by atoms with van der Waals surface area (Å²) in [6.07, 6.45) is 0. The molecule has 0 aliphatic heterocycles. The van der Waals surface area contributed by atoms with E-state index in [1.807, 2.05) is 18.2 Å². The van der Waals surface area contributed by atoms with Gasteiger partial charge in [0.15, 0.2) is 0 Å². The van der Waals surface area contributed by atoms with E-state index in [4.69, 9.17) is 8.92 Å². The fraction of sp³-hybridized carbons (Fsp3) is 0.250. The molecule has 0 saturated carbocycles. The third-order valence-corrected chi connectivity index (χ3v) is 2.54. The van der Waals surface area contributed by atoms with E-state index in [1.165, 1.54) is 12.0 Å². The quantitative estimate of drug-likeness (QED) is 0.767. The van der Waals surface area contributed by atoms with E-state index in [0.29, 0.717) is 0 Å². The van der Waals surface area contributed by atoms with E-state index in [1.54, 1.807) is 14.2 Å². The SMILES string of the molecule is COSc1ccc(OC)c(Br)c1. The molecule has 0 aliphatic rings. The molecule has 0 bridgehead atoms. The molecular formula is C8H9BrO2S. The van der Waals surface area contributed by atoms with E-state index in [9.17, 15) is 0 Å². The summed E-state index contributed by atoms with van der Waals surface area (Å²) in [5.41, 5.74) is 0. The van der Waals surface area contributed by atoms with Gasteiger partial charge in [-0.3, -0.25) is 0 Å². The highest BCUT2D eigenvalue weighted by Gasteiger charge is 2.00. The number of methoxy groups -OCH3 is 1. The molecule has 0 radical (unpaired) electrons. The van der Waals surface area contributed by atoms with Crippen molar-refractivity contribution in [3.63, 3.8) is 0 Å². The lowest BCUT2D eigenvalue weighted by Gasteiger charge is -2.04. The minimum absolute atomic E-state index is 0.829. The fourth-order valence-corrected chi connectivity index (χ4v) is 1.97. The summed E-state index contributed by atoms with van der Waals surface area (Å²) in [5, 5.41) is 0. The zero-order chi connectivity index (χ0) is 8.97. The Morgan fingerprint density at radius 2 is 2.08 bits per heavy atom.